The van der Waals surface area contributed by atoms with Crippen molar-refractivity contribution in [3.63, 3.8) is 0 Å². The van der Waals surface area contributed by atoms with E-state index in [2.05, 4.69) is 10.3 Å². The number of carbonyl (C=O) groups excluding carboxylic acids is 1. The number of rotatable bonds is 4. The van der Waals surface area contributed by atoms with Gasteiger partial charge in [0.25, 0.3) is 5.91 Å². The molecule has 2 aromatic rings. The van der Waals surface area contributed by atoms with Gasteiger partial charge in [0.1, 0.15) is 0 Å². The maximum absolute atomic E-state index is 13.4. The molecule has 6 heteroatoms. The lowest BCUT2D eigenvalue weighted by atomic mass is 10.2. The zero-order chi connectivity index (χ0) is 14.5. The molecular weight excluding hydrogens is 266 g/mol. The van der Waals surface area contributed by atoms with E-state index in [0.717, 1.165) is 11.6 Å². The number of benzene rings is 1. The van der Waals surface area contributed by atoms with Gasteiger partial charge in [0.05, 0.1) is 12.7 Å². The second-order valence-corrected chi connectivity index (χ2v) is 3.99. The quantitative estimate of drug-likeness (QED) is 0.933. The highest BCUT2D eigenvalue weighted by molar-refractivity contribution is 5.94. The van der Waals surface area contributed by atoms with E-state index in [1.165, 1.54) is 25.4 Å². The highest BCUT2D eigenvalue weighted by Gasteiger charge is 2.14. The van der Waals surface area contributed by atoms with Gasteiger partial charge in [-0.1, -0.05) is 6.07 Å². The summed E-state index contributed by atoms with van der Waals surface area (Å²) in [6, 6.07) is 6.79. The van der Waals surface area contributed by atoms with E-state index in [-0.39, 0.29) is 12.1 Å². The largest absolute Gasteiger partial charge is 0.481 e. The van der Waals surface area contributed by atoms with Crippen molar-refractivity contribution >= 4 is 5.91 Å². The molecule has 0 spiro atoms. The molecule has 1 aromatic heterocycles. The van der Waals surface area contributed by atoms with Gasteiger partial charge in [0.2, 0.25) is 5.88 Å². The molecule has 4 nitrogen and oxygen atoms in total. The zero-order valence-electron chi connectivity index (χ0n) is 10.7. The van der Waals surface area contributed by atoms with Gasteiger partial charge in [-0.2, -0.15) is 0 Å². The van der Waals surface area contributed by atoms with Crippen LogP contribution in [0.1, 0.15) is 15.9 Å². The first-order valence-electron chi connectivity index (χ1n) is 5.83. The first-order chi connectivity index (χ1) is 9.61. The third-order valence-electron chi connectivity index (χ3n) is 2.66. The molecule has 0 aliphatic heterocycles. The standard InChI is InChI=1S/C14H12F2N2O2/c1-20-12-7-9(5-6-17-12)8-18-14(19)10-3-2-4-11(15)13(10)16/h2-7H,8H2,1H3,(H,18,19). The Morgan fingerprint density at radius 2 is 2.15 bits per heavy atom. The van der Waals surface area contributed by atoms with Crippen molar-refractivity contribution in [1.82, 2.24) is 10.3 Å². The highest BCUT2D eigenvalue weighted by atomic mass is 19.2. The summed E-state index contributed by atoms with van der Waals surface area (Å²) in [5.74, 6) is -2.48. The lowest BCUT2D eigenvalue weighted by molar-refractivity contribution is 0.0945. The topological polar surface area (TPSA) is 51.2 Å². The molecule has 0 fully saturated rings. The average Bonchev–Trinajstić information content (AvgIpc) is 2.48. The summed E-state index contributed by atoms with van der Waals surface area (Å²) in [6.07, 6.45) is 1.53. The van der Waals surface area contributed by atoms with Gasteiger partial charge in [0, 0.05) is 18.8 Å². The maximum atomic E-state index is 13.4. The number of methoxy groups -OCH3 is 1. The normalized spacial score (nSPS) is 10.2. The number of carbonyl (C=O) groups is 1. The molecule has 0 bridgehead atoms. The van der Waals surface area contributed by atoms with Gasteiger partial charge in [-0.05, 0) is 23.8 Å². The second kappa shape index (κ2) is 6.10. The number of hydrogen-bond acceptors (Lipinski definition) is 3. The highest BCUT2D eigenvalue weighted by Crippen LogP contribution is 2.12. The SMILES string of the molecule is COc1cc(CNC(=O)c2cccc(F)c2F)ccn1. The summed E-state index contributed by atoms with van der Waals surface area (Å²) in [5, 5.41) is 2.51. The number of nitrogens with zero attached hydrogens (tertiary/aromatic N) is 1. The molecule has 1 amide bonds. The van der Waals surface area contributed by atoms with E-state index in [4.69, 9.17) is 4.74 Å². The fourth-order valence-corrected chi connectivity index (χ4v) is 1.63. The van der Waals surface area contributed by atoms with Crippen LogP contribution in [0.15, 0.2) is 36.5 Å². The second-order valence-electron chi connectivity index (χ2n) is 3.99. The van der Waals surface area contributed by atoms with Gasteiger partial charge >= 0.3 is 0 Å². The van der Waals surface area contributed by atoms with E-state index in [1.54, 1.807) is 12.1 Å². The monoisotopic (exact) mass is 278 g/mol. The third-order valence-corrected chi connectivity index (χ3v) is 2.66. The van der Waals surface area contributed by atoms with E-state index in [9.17, 15) is 13.6 Å². The molecule has 1 N–H and O–H groups in total. The minimum Gasteiger partial charge on any atom is -0.481 e. The van der Waals surface area contributed by atoms with Crippen molar-refractivity contribution in [3.8, 4) is 5.88 Å². The van der Waals surface area contributed by atoms with Crippen molar-refractivity contribution < 1.29 is 18.3 Å². The fraction of sp³-hybridized carbons (Fsp3) is 0.143. The summed E-state index contributed by atoms with van der Waals surface area (Å²) in [5.41, 5.74) is 0.410. The van der Waals surface area contributed by atoms with Gasteiger partial charge in [-0.25, -0.2) is 13.8 Å². The molecule has 2 rings (SSSR count). The van der Waals surface area contributed by atoms with Crippen molar-refractivity contribution in [2.24, 2.45) is 0 Å². The minimum absolute atomic E-state index is 0.160. The van der Waals surface area contributed by atoms with Gasteiger partial charge < -0.3 is 10.1 Å². The molecule has 0 saturated carbocycles. The van der Waals surface area contributed by atoms with Crippen LogP contribution in [0.5, 0.6) is 5.88 Å². The van der Waals surface area contributed by atoms with Crippen LogP contribution < -0.4 is 10.1 Å². The van der Waals surface area contributed by atoms with Crippen LogP contribution in [0.2, 0.25) is 0 Å². The predicted octanol–water partition coefficient (Wildman–Crippen LogP) is 2.30. The number of halogens is 2. The Hall–Kier alpha value is -2.50. The smallest absolute Gasteiger partial charge is 0.254 e. The molecular formula is C14H12F2N2O2. The van der Waals surface area contributed by atoms with Crippen molar-refractivity contribution in [2.75, 3.05) is 7.11 Å². The van der Waals surface area contributed by atoms with Crippen LogP contribution >= 0.6 is 0 Å². The lowest BCUT2D eigenvalue weighted by Gasteiger charge is -2.07. The molecule has 0 atom stereocenters. The number of ether oxygens (including phenoxy) is 1. The molecule has 20 heavy (non-hydrogen) atoms. The summed E-state index contributed by atoms with van der Waals surface area (Å²) in [7, 11) is 1.48. The Kier molecular flexibility index (Phi) is 4.24. The maximum Gasteiger partial charge on any atom is 0.254 e. The van der Waals surface area contributed by atoms with Crippen LogP contribution in [0, 0.1) is 11.6 Å². The van der Waals surface area contributed by atoms with E-state index >= 15 is 0 Å². The van der Waals surface area contributed by atoms with Crippen molar-refractivity contribution in [3.05, 3.63) is 59.3 Å². The van der Waals surface area contributed by atoms with Crippen molar-refractivity contribution in [2.45, 2.75) is 6.54 Å². The summed E-state index contributed by atoms with van der Waals surface area (Å²) >= 11 is 0. The molecule has 0 radical (unpaired) electrons. The average molecular weight is 278 g/mol. The van der Waals surface area contributed by atoms with Crippen LogP contribution in [-0.2, 0) is 6.54 Å². The molecule has 1 heterocycles. The number of amides is 1. The Morgan fingerprint density at radius 3 is 2.90 bits per heavy atom. The predicted molar refractivity (Wildman–Crippen MR) is 68.3 cm³/mol. The first-order valence-corrected chi connectivity index (χ1v) is 5.83. The van der Waals surface area contributed by atoms with E-state index in [0.29, 0.717) is 5.88 Å². The van der Waals surface area contributed by atoms with Crippen LogP contribution in [0.25, 0.3) is 0 Å². The number of hydrogen-bond donors (Lipinski definition) is 1. The molecule has 0 unspecified atom stereocenters. The Balaban J connectivity index is 2.06. The van der Waals surface area contributed by atoms with Crippen LogP contribution in [0.3, 0.4) is 0 Å². The Morgan fingerprint density at radius 1 is 1.35 bits per heavy atom. The fourth-order valence-electron chi connectivity index (χ4n) is 1.63. The summed E-state index contributed by atoms with van der Waals surface area (Å²) in [6.45, 7) is 0.160. The Labute approximate surface area is 114 Å². The zero-order valence-corrected chi connectivity index (χ0v) is 10.7. The first kappa shape index (κ1) is 13.9. The summed E-state index contributed by atoms with van der Waals surface area (Å²) in [4.78, 5) is 15.7. The van der Waals surface area contributed by atoms with Crippen LogP contribution in [0.4, 0.5) is 8.78 Å². The number of nitrogens with one attached hydrogen (secondary N) is 1. The van der Waals surface area contributed by atoms with E-state index < -0.39 is 17.5 Å². The third kappa shape index (κ3) is 3.09. The van der Waals surface area contributed by atoms with Gasteiger partial charge in [-0.15, -0.1) is 0 Å². The molecule has 104 valence electrons. The van der Waals surface area contributed by atoms with Gasteiger partial charge in [0.15, 0.2) is 11.6 Å². The Bertz CT molecular complexity index is 632. The summed E-state index contributed by atoms with van der Waals surface area (Å²) < 4.78 is 31.4. The van der Waals surface area contributed by atoms with Crippen LogP contribution in [-0.4, -0.2) is 18.0 Å². The van der Waals surface area contributed by atoms with Crippen molar-refractivity contribution in [1.29, 1.82) is 0 Å². The molecule has 0 saturated heterocycles. The molecule has 0 aliphatic rings. The molecule has 0 aliphatic carbocycles. The molecule has 1 aromatic carbocycles. The lowest BCUT2D eigenvalue weighted by Crippen LogP contribution is -2.24. The number of aromatic nitrogens is 1. The number of pyridine rings is 1. The minimum atomic E-state index is -1.16. The van der Waals surface area contributed by atoms with E-state index in [1.807, 2.05) is 0 Å². The van der Waals surface area contributed by atoms with Gasteiger partial charge in [-0.3, -0.25) is 4.79 Å².